The number of β-lactam (4-membered cyclic amide) rings is 1. The molecule has 2 rings (SSSR count). The molecule has 1 aliphatic heterocycles. The zero-order valence-corrected chi connectivity index (χ0v) is 7.27. The van der Waals surface area contributed by atoms with Crippen molar-refractivity contribution in [3.63, 3.8) is 0 Å². The molecule has 1 saturated heterocycles. The minimum Gasteiger partial charge on any atom is -0.333 e. The molecule has 2 atom stereocenters. The van der Waals surface area contributed by atoms with Gasteiger partial charge in [-0.25, -0.2) is 4.39 Å². The van der Waals surface area contributed by atoms with E-state index in [1.54, 1.807) is 7.05 Å². The number of carbonyl (C=O) groups excluding carboxylic acids is 1. The lowest BCUT2D eigenvalue weighted by Crippen LogP contribution is -2.54. The highest BCUT2D eigenvalue weighted by Gasteiger charge is 2.46. The van der Waals surface area contributed by atoms with Crippen molar-refractivity contribution in [1.29, 1.82) is 0 Å². The minimum atomic E-state index is -1.35. The number of hydrogen-bond acceptors (Lipinski definition) is 1. The van der Waals surface area contributed by atoms with Crippen LogP contribution in [0.1, 0.15) is 11.6 Å². The Bertz CT molecular complexity index is 313. The number of nitrogens with zero attached hydrogens (tertiary/aromatic N) is 1. The van der Waals surface area contributed by atoms with Gasteiger partial charge in [-0.15, -0.1) is 0 Å². The molecule has 0 unspecified atom stereocenters. The van der Waals surface area contributed by atoms with Crippen molar-refractivity contribution in [3.8, 4) is 0 Å². The zero-order chi connectivity index (χ0) is 9.42. The highest BCUT2D eigenvalue weighted by molar-refractivity contribution is 5.88. The van der Waals surface area contributed by atoms with Crippen LogP contribution in [-0.2, 0) is 4.79 Å². The molecule has 0 aliphatic carbocycles. The van der Waals surface area contributed by atoms with Gasteiger partial charge in [-0.3, -0.25) is 4.79 Å². The summed E-state index contributed by atoms with van der Waals surface area (Å²) in [5.41, 5.74) is 0.858. The number of likely N-dealkylation sites (tertiary alicyclic amines) is 1. The van der Waals surface area contributed by atoms with Crippen molar-refractivity contribution in [3.05, 3.63) is 35.9 Å². The Morgan fingerprint density at radius 1 is 1.31 bits per heavy atom. The number of alkyl halides is 1. The Labute approximate surface area is 76.0 Å². The van der Waals surface area contributed by atoms with E-state index in [-0.39, 0.29) is 6.04 Å². The van der Waals surface area contributed by atoms with E-state index in [1.165, 1.54) is 4.90 Å². The van der Waals surface area contributed by atoms with Crippen LogP contribution in [0, 0.1) is 0 Å². The van der Waals surface area contributed by atoms with Gasteiger partial charge < -0.3 is 4.90 Å². The Morgan fingerprint density at radius 2 is 1.92 bits per heavy atom. The van der Waals surface area contributed by atoms with Gasteiger partial charge >= 0.3 is 0 Å². The highest BCUT2D eigenvalue weighted by Crippen LogP contribution is 2.35. The lowest BCUT2D eigenvalue weighted by atomic mass is 9.93. The molecule has 68 valence electrons. The quantitative estimate of drug-likeness (QED) is 0.599. The summed E-state index contributed by atoms with van der Waals surface area (Å²) in [6.45, 7) is 0. The summed E-state index contributed by atoms with van der Waals surface area (Å²) in [6, 6.07) is 8.85. The lowest BCUT2D eigenvalue weighted by molar-refractivity contribution is -0.155. The van der Waals surface area contributed by atoms with Crippen LogP contribution in [-0.4, -0.2) is 24.0 Å². The Balaban J connectivity index is 2.25. The maximum Gasteiger partial charge on any atom is 0.260 e. The fourth-order valence-corrected chi connectivity index (χ4v) is 1.62. The van der Waals surface area contributed by atoms with Crippen LogP contribution in [0.3, 0.4) is 0 Å². The molecule has 1 aromatic rings. The largest absolute Gasteiger partial charge is 0.333 e. The second-order valence-electron chi connectivity index (χ2n) is 3.21. The Kier molecular flexibility index (Phi) is 1.79. The molecule has 3 heteroatoms. The predicted octanol–water partition coefficient (Wildman–Crippen LogP) is 1.54. The summed E-state index contributed by atoms with van der Waals surface area (Å²) in [5, 5.41) is 0. The normalized spacial score (nSPS) is 27.2. The number of amides is 1. The van der Waals surface area contributed by atoms with Crippen LogP contribution in [0.4, 0.5) is 4.39 Å². The summed E-state index contributed by atoms with van der Waals surface area (Å²) in [7, 11) is 1.62. The Morgan fingerprint density at radius 3 is 2.46 bits per heavy atom. The van der Waals surface area contributed by atoms with Gasteiger partial charge in [0.1, 0.15) is 0 Å². The molecular weight excluding hydrogens is 169 g/mol. The molecule has 1 amide bonds. The van der Waals surface area contributed by atoms with E-state index < -0.39 is 12.1 Å². The molecule has 0 N–H and O–H groups in total. The standard InChI is InChI=1S/C10H10FNO/c1-12-9(8(11)10(12)13)7-5-3-2-4-6-7/h2-6,8-9H,1H3/t8-,9-/m1/s1. The molecule has 13 heavy (non-hydrogen) atoms. The van der Waals surface area contributed by atoms with Crippen LogP contribution >= 0.6 is 0 Å². The van der Waals surface area contributed by atoms with Gasteiger partial charge in [-0.1, -0.05) is 30.3 Å². The summed E-state index contributed by atoms with van der Waals surface area (Å²) in [4.78, 5) is 12.3. The van der Waals surface area contributed by atoms with E-state index in [2.05, 4.69) is 0 Å². The molecule has 0 bridgehead atoms. The smallest absolute Gasteiger partial charge is 0.260 e. The summed E-state index contributed by atoms with van der Waals surface area (Å²) < 4.78 is 13.1. The molecule has 0 radical (unpaired) electrons. The van der Waals surface area contributed by atoms with Crippen molar-refractivity contribution in [1.82, 2.24) is 4.90 Å². The molecule has 1 fully saturated rings. The minimum absolute atomic E-state index is 0.381. The van der Waals surface area contributed by atoms with E-state index in [1.807, 2.05) is 30.3 Å². The summed E-state index contributed by atoms with van der Waals surface area (Å²) >= 11 is 0. The van der Waals surface area contributed by atoms with Gasteiger partial charge in [-0.2, -0.15) is 0 Å². The first-order valence-electron chi connectivity index (χ1n) is 4.17. The third kappa shape index (κ3) is 1.11. The first kappa shape index (κ1) is 8.23. The van der Waals surface area contributed by atoms with E-state index >= 15 is 0 Å². The maximum absolute atomic E-state index is 13.1. The van der Waals surface area contributed by atoms with Crippen LogP contribution in [0.15, 0.2) is 30.3 Å². The monoisotopic (exact) mass is 179 g/mol. The molecule has 0 aromatic heterocycles. The topological polar surface area (TPSA) is 20.3 Å². The number of halogens is 1. The van der Waals surface area contributed by atoms with Gasteiger partial charge in [0.05, 0.1) is 6.04 Å². The fourth-order valence-electron chi connectivity index (χ4n) is 1.62. The average molecular weight is 179 g/mol. The van der Waals surface area contributed by atoms with Gasteiger partial charge in [-0.05, 0) is 5.56 Å². The SMILES string of the molecule is CN1C(=O)[C@H](F)[C@H]1c1ccccc1. The van der Waals surface area contributed by atoms with Crippen molar-refractivity contribution in [2.45, 2.75) is 12.2 Å². The molecule has 1 aromatic carbocycles. The highest BCUT2D eigenvalue weighted by atomic mass is 19.1. The van der Waals surface area contributed by atoms with Crippen LogP contribution in [0.5, 0.6) is 0 Å². The first-order chi connectivity index (χ1) is 6.22. The molecule has 2 nitrogen and oxygen atoms in total. The molecule has 0 spiro atoms. The third-order valence-corrected chi connectivity index (χ3v) is 2.42. The van der Waals surface area contributed by atoms with E-state index in [0.29, 0.717) is 0 Å². The number of hydrogen-bond donors (Lipinski definition) is 0. The van der Waals surface area contributed by atoms with E-state index in [4.69, 9.17) is 0 Å². The molecule has 1 aliphatic rings. The first-order valence-corrected chi connectivity index (χ1v) is 4.17. The average Bonchev–Trinajstić information content (AvgIpc) is 2.19. The summed E-state index contributed by atoms with van der Waals surface area (Å²) in [6.07, 6.45) is -1.35. The van der Waals surface area contributed by atoms with E-state index in [0.717, 1.165) is 5.56 Å². The zero-order valence-electron chi connectivity index (χ0n) is 7.27. The maximum atomic E-state index is 13.1. The van der Waals surface area contributed by atoms with Gasteiger partial charge in [0.25, 0.3) is 5.91 Å². The predicted molar refractivity (Wildman–Crippen MR) is 46.8 cm³/mol. The van der Waals surface area contributed by atoms with Crippen LogP contribution in [0.2, 0.25) is 0 Å². The van der Waals surface area contributed by atoms with Crippen molar-refractivity contribution < 1.29 is 9.18 Å². The lowest BCUT2D eigenvalue weighted by Gasteiger charge is -2.40. The molecule has 0 saturated carbocycles. The number of rotatable bonds is 1. The van der Waals surface area contributed by atoms with Gasteiger partial charge in [0, 0.05) is 7.05 Å². The molecular formula is C10H10FNO. The third-order valence-electron chi connectivity index (χ3n) is 2.42. The van der Waals surface area contributed by atoms with Crippen LogP contribution in [0.25, 0.3) is 0 Å². The fraction of sp³-hybridized carbons (Fsp3) is 0.300. The second kappa shape index (κ2) is 2.83. The number of carbonyl (C=O) groups is 1. The van der Waals surface area contributed by atoms with Crippen LogP contribution < -0.4 is 0 Å². The molecule has 1 heterocycles. The second-order valence-corrected chi connectivity index (χ2v) is 3.21. The Hall–Kier alpha value is -1.38. The van der Waals surface area contributed by atoms with Gasteiger partial charge in [0.2, 0.25) is 6.17 Å². The van der Waals surface area contributed by atoms with Crippen molar-refractivity contribution in [2.75, 3.05) is 7.05 Å². The van der Waals surface area contributed by atoms with Crippen molar-refractivity contribution in [2.24, 2.45) is 0 Å². The van der Waals surface area contributed by atoms with Crippen molar-refractivity contribution >= 4 is 5.91 Å². The summed E-state index contributed by atoms with van der Waals surface area (Å²) in [5.74, 6) is -0.422. The van der Waals surface area contributed by atoms with Gasteiger partial charge in [0.15, 0.2) is 0 Å². The number of benzene rings is 1. The van der Waals surface area contributed by atoms with E-state index in [9.17, 15) is 9.18 Å².